The Balaban J connectivity index is 1.20. The van der Waals surface area contributed by atoms with Gasteiger partial charge >= 0.3 is 6.03 Å². The molecule has 0 bridgehead atoms. The Bertz CT molecular complexity index is 1650. The van der Waals surface area contributed by atoms with Gasteiger partial charge in [0.2, 0.25) is 0 Å². The van der Waals surface area contributed by atoms with E-state index in [1.165, 1.54) is 44.9 Å². The smallest absolute Gasteiger partial charge is 0.315 e. The van der Waals surface area contributed by atoms with Crippen molar-refractivity contribution in [3.63, 3.8) is 0 Å². The van der Waals surface area contributed by atoms with Crippen molar-refractivity contribution < 1.29 is 24.9 Å². The summed E-state index contributed by atoms with van der Waals surface area (Å²) in [6.45, 7) is 1.29. The highest BCUT2D eigenvalue weighted by molar-refractivity contribution is 5.83. The number of benzene rings is 2. The van der Waals surface area contributed by atoms with E-state index in [2.05, 4.69) is 39.5 Å². The van der Waals surface area contributed by atoms with E-state index in [0.29, 0.717) is 48.0 Å². The quantitative estimate of drug-likeness (QED) is 0.134. The van der Waals surface area contributed by atoms with E-state index in [1.807, 2.05) is 36.4 Å². The number of ether oxygens (including phenoxy) is 1. The fourth-order valence-electron chi connectivity index (χ4n) is 7.22. The molecule has 2 aromatic carbocycles. The molecule has 0 spiro atoms. The number of primary amides is 1. The van der Waals surface area contributed by atoms with Crippen LogP contribution in [-0.2, 0) is 11.3 Å². The van der Waals surface area contributed by atoms with Gasteiger partial charge in [-0.3, -0.25) is 9.47 Å². The number of aromatic nitrogens is 4. The molecule has 3 aliphatic rings. The number of rotatable bonds is 14. The summed E-state index contributed by atoms with van der Waals surface area (Å²) in [5.74, 6) is 0.791. The molecule has 2 saturated carbocycles. The molecule has 3 fully saturated rings. The van der Waals surface area contributed by atoms with Crippen molar-refractivity contribution >= 4 is 23.0 Å². The van der Waals surface area contributed by atoms with E-state index >= 15 is 0 Å². The zero-order chi connectivity index (χ0) is 33.9. The molecule has 0 radical (unpaired) electrons. The number of nitrogens with one attached hydrogen (secondary N) is 1. The van der Waals surface area contributed by atoms with Crippen molar-refractivity contribution in [1.82, 2.24) is 29.3 Å². The number of hydrogen-bond donors (Lipinski definition) is 5. The number of aliphatic hydroxyl groups excluding tert-OH is 3. The molecular weight excluding hydrogens is 624 g/mol. The third-order valence-electron chi connectivity index (χ3n) is 10.5. The highest BCUT2D eigenvalue weighted by atomic mass is 16.6. The van der Waals surface area contributed by atoms with Gasteiger partial charge in [-0.1, -0.05) is 73.5 Å². The molecule has 4 aromatic rings. The first-order valence-corrected chi connectivity index (χ1v) is 17.4. The average molecular weight is 671 g/mol. The molecule has 2 aliphatic carbocycles. The van der Waals surface area contributed by atoms with Gasteiger partial charge in [-0.15, -0.1) is 0 Å². The van der Waals surface area contributed by atoms with Crippen LogP contribution in [0.1, 0.15) is 67.6 Å². The highest BCUT2D eigenvalue weighted by Gasteiger charge is 2.44. The minimum atomic E-state index is -1.32. The molecule has 2 aromatic heterocycles. The van der Waals surface area contributed by atoms with E-state index in [-0.39, 0.29) is 12.5 Å². The summed E-state index contributed by atoms with van der Waals surface area (Å²) in [5, 5.41) is 34.6. The highest BCUT2D eigenvalue weighted by Crippen LogP contribution is 2.35. The summed E-state index contributed by atoms with van der Waals surface area (Å²) in [4.78, 5) is 31.3. The number of nitrogens with two attached hydrogens (primary N) is 1. The number of nitrogens with zero attached hydrogens (tertiary/aromatic N) is 6. The first-order chi connectivity index (χ1) is 23.9. The predicted molar refractivity (Wildman–Crippen MR) is 184 cm³/mol. The standard InChI is InChI=1S/C36H46N8O5/c37-36(48)42(17-18-43(25-13-7-14-25)26-15-8-16-26)20-29-40-33(38-19-27(23-9-3-1-4-10-23)24-11-5-2-6-12-24)30-34(41-29)44(22-39-30)35-32(47)31(46)28(21-45)49-35/h1-6,9-12,22,25-28,31-32,35,45-47H,7-8,13-21H2,(H2,37,48)(H,38,40,41)/t28-,31-,32+,35-/m1/s1. The zero-order valence-electron chi connectivity index (χ0n) is 27.6. The third-order valence-corrected chi connectivity index (χ3v) is 10.5. The van der Waals surface area contributed by atoms with Gasteiger partial charge in [-0.05, 0) is 36.8 Å². The van der Waals surface area contributed by atoms with E-state index in [1.54, 1.807) is 9.47 Å². The van der Waals surface area contributed by atoms with Crippen LogP contribution in [0.3, 0.4) is 0 Å². The lowest BCUT2D eigenvalue weighted by Gasteiger charge is -2.46. The largest absolute Gasteiger partial charge is 0.394 e. The van der Waals surface area contributed by atoms with Crippen LogP contribution in [0.25, 0.3) is 11.2 Å². The molecular formula is C36H46N8O5. The summed E-state index contributed by atoms with van der Waals surface area (Å²) >= 11 is 0. The van der Waals surface area contributed by atoms with Crippen molar-refractivity contribution in [2.75, 3.05) is 31.6 Å². The molecule has 49 heavy (non-hydrogen) atoms. The molecule has 2 amide bonds. The number of urea groups is 1. The Morgan fingerprint density at radius 1 is 0.939 bits per heavy atom. The van der Waals surface area contributed by atoms with Gasteiger partial charge in [-0.2, -0.15) is 0 Å². The van der Waals surface area contributed by atoms with Gasteiger partial charge in [0.1, 0.15) is 18.3 Å². The Hall–Kier alpha value is -4.14. The fraction of sp³-hybridized carbons (Fsp3) is 0.500. The summed E-state index contributed by atoms with van der Waals surface area (Å²) < 4.78 is 7.39. The molecule has 1 aliphatic heterocycles. The number of amides is 2. The van der Waals surface area contributed by atoms with Crippen LogP contribution in [0.15, 0.2) is 67.0 Å². The van der Waals surface area contributed by atoms with Crippen molar-refractivity contribution in [2.45, 2.75) is 87.6 Å². The number of carbonyl (C=O) groups excluding carboxylic acids is 1. The molecule has 7 rings (SSSR count). The van der Waals surface area contributed by atoms with Crippen LogP contribution in [-0.4, -0.2) is 107 Å². The number of carbonyl (C=O) groups is 1. The molecule has 1 saturated heterocycles. The topological polar surface area (TPSA) is 175 Å². The number of imidazole rings is 1. The maximum Gasteiger partial charge on any atom is 0.315 e. The zero-order valence-corrected chi connectivity index (χ0v) is 27.6. The Morgan fingerprint density at radius 3 is 2.10 bits per heavy atom. The normalized spacial score (nSPS) is 22.8. The molecule has 0 unspecified atom stereocenters. The minimum absolute atomic E-state index is 0.00971. The average Bonchev–Trinajstić information content (AvgIpc) is 3.61. The maximum atomic E-state index is 12.8. The van der Waals surface area contributed by atoms with E-state index in [9.17, 15) is 20.1 Å². The maximum absolute atomic E-state index is 12.8. The van der Waals surface area contributed by atoms with Gasteiger partial charge in [-0.25, -0.2) is 19.7 Å². The lowest BCUT2D eigenvalue weighted by Crippen LogP contribution is -2.52. The third kappa shape index (κ3) is 6.99. The lowest BCUT2D eigenvalue weighted by molar-refractivity contribution is -0.0511. The van der Waals surface area contributed by atoms with Crippen LogP contribution < -0.4 is 11.1 Å². The van der Waals surface area contributed by atoms with Gasteiger partial charge in [0.15, 0.2) is 29.0 Å². The van der Waals surface area contributed by atoms with Crippen LogP contribution in [0.5, 0.6) is 0 Å². The van der Waals surface area contributed by atoms with Crippen LogP contribution in [0.2, 0.25) is 0 Å². The first-order valence-electron chi connectivity index (χ1n) is 17.4. The van der Waals surface area contributed by atoms with Gasteiger partial charge in [0.05, 0.1) is 19.5 Å². The number of anilines is 1. The number of aliphatic hydroxyl groups is 3. The van der Waals surface area contributed by atoms with Gasteiger partial charge < -0.3 is 36.0 Å². The van der Waals surface area contributed by atoms with Gasteiger partial charge in [0, 0.05) is 37.6 Å². The summed E-state index contributed by atoms with van der Waals surface area (Å²) in [7, 11) is 0. The Morgan fingerprint density at radius 2 is 1.57 bits per heavy atom. The minimum Gasteiger partial charge on any atom is -0.394 e. The number of hydrogen-bond acceptors (Lipinski definition) is 10. The van der Waals surface area contributed by atoms with Gasteiger partial charge in [0.25, 0.3) is 0 Å². The predicted octanol–water partition coefficient (Wildman–Crippen LogP) is 2.97. The Labute approximate surface area is 285 Å². The van der Waals surface area contributed by atoms with Crippen LogP contribution in [0, 0.1) is 0 Å². The number of fused-ring (bicyclic) bond motifs is 1. The Kier molecular flexibility index (Phi) is 10.1. The molecule has 6 N–H and O–H groups in total. The second-order valence-corrected chi connectivity index (χ2v) is 13.5. The van der Waals surface area contributed by atoms with Crippen LogP contribution in [0.4, 0.5) is 10.6 Å². The first kappa shape index (κ1) is 33.4. The molecule has 13 nitrogen and oxygen atoms in total. The van der Waals surface area contributed by atoms with Crippen molar-refractivity contribution in [3.05, 3.63) is 83.9 Å². The molecule has 260 valence electrons. The van der Waals surface area contributed by atoms with E-state index in [4.69, 9.17) is 20.4 Å². The monoisotopic (exact) mass is 670 g/mol. The molecule has 13 heteroatoms. The SMILES string of the molecule is NC(=O)N(CCN(C1CCC1)C1CCC1)Cc1nc(NCC(c2ccccc2)c2ccccc2)c2ncn([C@@H]3O[C@H](CO)[C@@H](O)[C@@H]3O)c2n1. The fourth-order valence-corrected chi connectivity index (χ4v) is 7.22. The lowest BCUT2D eigenvalue weighted by atomic mass is 9.84. The summed E-state index contributed by atoms with van der Waals surface area (Å²) in [5.41, 5.74) is 9.00. The molecule has 4 atom stereocenters. The van der Waals surface area contributed by atoms with Crippen molar-refractivity contribution in [1.29, 1.82) is 0 Å². The van der Waals surface area contributed by atoms with E-state index < -0.39 is 37.2 Å². The second-order valence-electron chi connectivity index (χ2n) is 13.5. The summed E-state index contributed by atoms with van der Waals surface area (Å²) in [6.07, 6.45) is 4.14. The van der Waals surface area contributed by atoms with Crippen molar-refractivity contribution in [2.24, 2.45) is 5.73 Å². The van der Waals surface area contributed by atoms with Crippen molar-refractivity contribution in [3.8, 4) is 0 Å². The summed E-state index contributed by atoms with van der Waals surface area (Å²) in [6, 6.07) is 21.0. The van der Waals surface area contributed by atoms with E-state index in [0.717, 1.165) is 17.7 Å². The molecule has 3 heterocycles. The van der Waals surface area contributed by atoms with Crippen LogP contribution >= 0.6 is 0 Å². The second kappa shape index (κ2) is 14.8.